The fraction of sp³-hybridized carbons (Fsp3) is 0.318. The van der Waals surface area contributed by atoms with Crippen molar-refractivity contribution in [2.75, 3.05) is 13.7 Å². The number of phenolic OH excluding ortho intramolecular Hbond substituents is 3. The van der Waals surface area contributed by atoms with E-state index in [2.05, 4.69) is 0 Å². The highest BCUT2D eigenvalue weighted by atomic mass is 16.7. The molecule has 5 atom stereocenters. The monoisotopic (exact) mass is 494 g/mol. The number of fused-ring (bicyclic) bond motifs is 1. The predicted molar refractivity (Wildman–Crippen MR) is 116 cm³/mol. The first kappa shape index (κ1) is 24.4. The van der Waals surface area contributed by atoms with Crippen LogP contribution >= 0.6 is 0 Å². The molecule has 13 heteroatoms. The molecule has 4 rings (SSSR count). The molecule has 0 amide bonds. The maximum absolute atomic E-state index is 12.8. The zero-order valence-corrected chi connectivity index (χ0v) is 18.0. The number of aliphatic hydroxyl groups is 4. The molecule has 1 fully saturated rings. The van der Waals surface area contributed by atoms with Crippen LogP contribution in [0.4, 0.5) is 0 Å². The van der Waals surface area contributed by atoms with Gasteiger partial charge in [-0.25, -0.2) is 0 Å². The molecule has 0 spiro atoms. The highest BCUT2D eigenvalue weighted by Crippen LogP contribution is 2.42. The Morgan fingerprint density at radius 2 is 1.63 bits per heavy atom. The summed E-state index contributed by atoms with van der Waals surface area (Å²) in [5, 5.41) is 79.5. The van der Waals surface area contributed by atoms with E-state index < -0.39 is 76.9 Å². The predicted octanol–water partition coefficient (Wildman–Crippen LogP) is -0.530. The van der Waals surface area contributed by atoms with Crippen LogP contribution in [-0.2, 0) is 4.74 Å². The molecule has 0 saturated carbocycles. The lowest BCUT2D eigenvalue weighted by Crippen LogP contribution is -2.60. The second kappa shape index (κ2) is 9.13. The van der Waals surface area contributed by atoms with Crippen molar-refractivity contribution in [3.63, 3.8) is 0 Å². The summed E-state index contributed by atoms with van der Waals surface area (Å²) in [4.78, 5) is 12.8. The van der Waals surface area contributed by atoms with E-state index in [4.69, 9.17) is 18.6 Å². The van der Waals surface area contributed by atoms with Gasteiger partial charge in [-0.2, -0.15) is 0 Å². The van der Waals surface area contributed by atoms with E-state index in [9.17, 15) is 45.6 Å². The van der Waals surface area contributed by atoms with Crippen molar-refractivity contribution in [2.45, 2.75) is 30.7 Å². The summed E-state index contributed by atoms with van der Waals surface area (Å²) in [6.45, 7) is -0.686. The fourth-order valence-electron chi connectivity index (χ4n) is 3.71. The second-order valence-corrected chi connectivity index (χ2v) is 7.79. The third-order valence-electron chi connectivity index (χ3n) is 5.56. The maximum atomic E-state index is 12.8. The number of benzene rings is 2. The van der Waals surface area contributed by atoms with Gasteiger partial charge in [0.05, 0.1) is 13.7 Å². The smallest absolute Gasteiger partial charge is 0.238 e. The summed E-state index contributed by atoms with van der Waals surface area (Å²) >= 11 is 0. The molecule has 1 aromatic heterocycles. The first-order chi connectivity index (χ1) is 16.6. The Morgan fingerprint density at radius 3 is 2.29 bits per heavy atom. The molecule has 0 bridgehead atoms. The minimum Gasteiger partial charge on any atom is -0.507 e. The lowest BCUT2D eigenvalue weighted by atomic mass is 9.99. The van der Waals surface area contributed by atoms with Gasteiger partial charge in [-0.15, -0.1) is 0 Å². The summed E-state index contributed by atoms with van der Waals surface area (Å²) in [5.74, 6) is -3.57. The highest BCUT2D eigenvalue weighted by Gasteiger charge is 2.44. The third kappa shape index (κ3) is 4.15. The van der Waals surface area contributed by atoms with Crippen LogP contribution in [0, 0.1) is 0 Å². The minimum absolute atomic E-state index is 0.0478. The van der Waals surface area contributed by atoms with Gasteiger partial charge < -0.3 is 59.5 Å². The Balaban J connectivity index is 1.79. The number of hydrogen-bond donors (Lipinski definition) is 8. The first-order valence-corrected chi connectivity index (χ1v) is 10.2. The molecule has 2 heterocycles. The summed E-state index contributed by atoms with van der Waals surface area (Å²) in [6.07, 6.45) is -7.88. The van der Waals surface area contributed by atoms with Gasteiger partial charge in [0, 0.05) is 17.7 Å². The number of rotatable bonds is 5. The topological polar surface area (TPSA) is 220 Å². The number of aromatic hydroxyl groups is 4. The Hall–Kier alpha value is -3.75. The summed E-state index contributed by atoms with van der Waals surface area (Å²) in [5.41, 5.74) is -1.35. The molecule has 8 N–H and O–H groups in total. The number of aliphatic hydroxyl groups excluding tert-OH is 4. The molecule has 1 aliphatic rings. The van der Waals surface area contributed by atoms with Crippen LogP contribution in [0.3, 0.4) is 0 Å². The van der Waals surface area contributed by atoms with Crippen LogP contribution in [0.5, 0.6) is 34.5 Å². The lowest BCUT2D eigenvalue weighted by molar-refractivity contribution is -0.277. The lowest BCUT2D eigenvalue weighted by Gasteiger charge is -2.39. The molecule has 35 heavy (non-hydrogen) atoms. The van der Waals surface area contributed by atoms with Crippen molar-refractivity contribution in [1.29, 1.82) is 0 Å². The molecular formula is C22H22O13. The van der Waals surface area contributed by atoms with Gasteiger partial charge in [0.25, 0.3) is 0 Å². The normalized spacial score (nSPS) is 24.4. The standard InChI is InChI=1S/C22H22O13/c1-32-12-3-7(2-10(25)15(12)26)21-19(30)17(28)14-9(24)4-8(5-11(14)34-21)33-22-20(31)18(29)16(27)13(6-23)35-22/h2-5,13,16,18,20,22-27,29-31H,6H2,1H3/t13-,16-,18+,20-,22-/m1/s1. The zero-order valence-electron chi connectivity index (χ0n) is 18.0. The van der Waals surface area contributed by atoms with Crippen LogP contribution in [0.25, 0.3) is 22.3 Å². The van der Waals surface area contributed by atoms with Crippen molar-refractivity contribution >= 4 is 11.0 Å². The van der Waals surface area contributed by atoms with E-state index in [1.54, 1.807) is 0 Å². The van der Waals surface area contributed by atoms with Crippen LogP contribution < -0.4 is 14.9 Å². The molecule has 1 saturated heterocycles. The van der Waals surface area contributed by atoms with Gasteiger partial charge in [0.15, 0.2) is 17.3 Å². The zero-order chi connectivity index (χ0) is 25.6. The molecule has 0 unspecified atom stereocenters. The van der Waals surface area contributed by atoms with Crippen molar-refractivity contribution < 1.29 is 59.5 Å². The third-order valence-corrected chi connectivity index (χ3v) is 5.56. The first-order valence-electron chi connectivity index (χ1n) is 10.2. The number of ether oxygens (including phenoxy) is 3. The van der Waals surface area contributed by atoms with E-state index in [0.29, 0.717) is 0 Å². The Labute approximate surface area is 195 Å². The molecule has 1 aliphatic heterocycles. The molecule has 13 nitrogen and oxygen atoms in total. The molecule has 188 valence electrons. The van der Waals surface area contributed by atoms with Crippen LogP contribution in [-0.4, -0.2) is 85.3 Å². The number of hydrogen-bond acceptors (Lipinski definition) is 13. The molecule has 2 aromatic carbocycles. The average Bonchev–Trinajstić information content (AvgIpc) is 2.83. The second-order valence-electron chi connectivity index (χ2n) is 7.79. The van der Waals surface area contributed by atoms with E-state index in [1.807, 2.05) is 0 Å². The van der Waals surface area contributed by atoms with Crippen molar-refractivity contribution in [1.82, 2.24) is 0 Å². The molecular weight excluding hydrogens is 472 g/mol. The quantitative estimate of drug-likeness (QED) is 0.209. The SMILES string of the molecule is COc1cc(-c2oc3cc(O[C@@H]4O[C@H](CO)[C@@H](O)[C@H](O)[C@H]4O)cc(O)c3c(=O)c2O)cc(O)c1O. The van der Waals surface area contributed by atoms with Crippen molar-refractivity contribution in [3.05, 3.63) is 34.5 Å². The van der Waals surface area contributed by atoms with E-state index in [1.165, 1.54) is 13.2 Å². The van der Waals surface area contributed by atoms with Gasteiger partial charge >= 0.3 is 0 Å². The summed E-state index contributed by atoms with van der Waals surface area (Å²) < 4.78 is 21.3. The minimum atomic E-state index is -1.74. The maximum Gasteiger partial charge on any atom is 0.238 e. The van der Waals surface area contributed by atoms with Gasteiger partial charge in [0.1, 0.15) is 46.9 Å². The average molecular weight is 494 g/mol. The number of methoxy groups -OCH3 is 1. The van der Waals surface area contributed by atoms with Gasteiger partial charge in [-0.3, -0.25) is 4.79 Å². The Kier molecular flexibility index (Phi) is 6.36. The fourth-order valence-corrected chi connectivity index (χ4v) is 3.71. The number of phenols is 3. The summed E-state index contributed by atoms with van der Waals surface area (Å²) in [7, 11) is 1.22. The van der Waals surface area contributed by atoms with Crippen molar-refractivity contribution in [2.24, 2.45) is 0 Å². The van der Waals surface area contributed by atoms with Crippen molar-refractivity contribution in [3.8, 4) is 45.8 Å². The van der Waals surface area contributed by atoms with Gasteiger partial charge in [-0.05, 0) is 12.1 Å². The summed E-state index contributed by atoms with van der Waals surface area (Å²) in [6, 6.07) is 4.29. The molecule has 0 aliphatic carbocycles. The van der Waals surface area contributed by atoms with E-state index in [0.717, 1.165) is 18.2 Å². The van der Waals surface area contributed by atoms with E-state index >= 15 is 0 Å². The van der Waals surface area contributed by atoms with Crippen LogP contribution in [0.2, 0.25) is 0 Å². The molecule has 0 radical (unpaired) electrons. The Morgan fingerprint density at radius 1 is 0.914 bits per heavy atom. The molecule has 3 aromatic rings. The van der Waals surface area contributed by atoms with Gasteiger partial charge in [0.2, 0.25) is 23.2 Å². The van der Waals surface area contributed by atoms with Crippen LogP contribution in [0.15, 0.2) is 33.5 Å². The van der Waals surface area contributed by atoms with E-state index in [-0.39, 0.29) is 22.6 Å². The Bertz CT molecular complexity index is 1320. The van der Waals surface area contributed by atoms with Gasteiger partial charge in [-0.1, -0.05) is 0 Å². The highest BCUT2D eigenvalue weighted by molar-refractivity contribution is 5.88. The van der Waals surface area contributed by atoms with Crippen LogP contribution in [0.1, 0.15) is 0 Å². The largest absolute Gasteiger partial charge is 0.507 e.